The van der Waals surface area contributed by atoms with Crippen LogP contribution in [-0.4, -0.2) is 18.1 Å². The van der Waals surface area contributed by atoms with Crippen molar-refractivity contribution >= 4 is 11.6 Å². The molecule has 0 amide bonds. The van der Waals surface area contributed by atoms with E-state index in [0.29, 0.717) is 5.56 Å². The Morgan fingerprint density at radius 3 is 2.42 bits per heavy atom. The molecule has 1 unspecified atom stereocenters. The molecule has 66 valence electrons. The maximum Gasteiger partial charge on any atom is 0.206 e. The Morgan fingerprint density at radius 2 is 2.00 bits per heavy atom. The van der Waals surface area contributed by atoms with Gasteiger partial charge in [0.15, 0.2) is 0 Å². The predicted molar refractivity (Wildman–Crippen MR) is 48.1 cm³/mol. The number of rotatable bonds is 3. The van der Waals surface area contributed by atoms with E-state index in [0.717, 1.165) is 0 Å². The highest BCUT2D eigenvalue weighted by Crippen LogP contribution is 2.22. The highest BCUT2D eigenvalue weighted by Gasteiger charge is 2.27. The van der Waals surface area contributed by atoms with Gasteiger partial charge in [0, 0.05) is 12.7 Å². The standard InChI is InChI=1S/C9H11ClO2/c1-12-9(11,7-10)8-5-3-2-4-6-8/h2-6,11H,7H2,1H3. The van der Waals surface area contributed by atoms with Crippen molar-refractivity contribution in [1.82, 2.24) is 0 Å². The monoisotopic (exact) mass is 186 g/mol. The summed E-state index contributed by atoms with van der Waals surface area (Å²) >= 11 is 5.57. The number of hydrogen-bond donors (Lipinski definition) is 1. The molecule has 0 radical (unpaired) electrons. The molecule has 0 saturated heterocycles. The fourth-order valence-electron chi connectivity index (χ4n) is 0.948. The van der Waals surface area contributed by atoms with Crippen LogP contribution in [-0.2, 0) is 10.5 Å². The van der Waals surface area contributed by atoms with Crippen LogP contribution in [0.25, 0.3) is 0 Å². The molecule has 2 nitrogen and oxygen atoms in total. The van der Waals surface area contributed by atoms with E-state index in [1.807, 2.05) is 18.2 Å². The summed E-state index contributed by atoms with van der Waals surface area (Å²) < 4.78 is 4.90. The van der Waals surface area contributed by atoms with Crippen LogP contribution >= 0.6 is 11.6 Å². The zero-order valence-corrected chi connectivity index (χ0v) is 7.58. The number of aliphatic hydroxyl groups is 1. The third-order valence-corrected chi connectivity index (χ3v) is 2.11. The molecule has 0 fully saturated rings. The van der Waals surface area contributed by atoms with Crippen molar-refractivity contribution in [1.29, 1.82) is 0 Å². The molecular formula is C9H11ClO2. The topological polar surface area (TPSA) is 29.5 Å². The number of hydrogen-bond acceptors (Lipinski definition) is 2. The van der Waals surface area contributed by atoms with Crippen molar-refractivity contribution < 1.29 is 9.84 Å². The normalized spacial score (nSPS) is 15.6. The minimum Gasteiger partial charge on any atom is -0.361 e. The number of alkyl halides is 1. The summed E-state index contributed by atoms with van der Waals surface area (Å²) in [5.41, 5.74) is 0.669. The Kier molecular flexibility index (Phi) is 3.09. The van der Waals surface area contributed by atoms with Gasteiger partial charge in [0.25, 0.3) is 0 Å². The number of benzene rings is 1. The smallest absolute Gasteiger partial charge is 0.206 e. The molecule has 0 heterocycles. The molecule has 1 aromatic carbocycles. The summed E-state index contributed by atoms with van der Waals surface area (Å²) in [6.45, 7) is 0. The van der Waals surface area contributed by atoms with Gasteiger partial charge < -0.3 is 9.84 Å². The summed E-state index contributed by atoms with van der Waals surface area (Å²) in [6, 6.07) is 9.06. The highest BCUT2D eigenvalue weighted by molar-refractivity contribution is 6.18. The van der Waals surface area contributed by atoms with Crippen molar-refractivity contribution in [3.8, 4) is 0 Å². The van der Waals surface area contributed by atoms with Gasteiger partial charge in [-0.25, -0.2) is 0 Å². The number of halogens is 1. The van der Waals surface area contributed by atoms with E-state index in [4.69, 9.17) is 16.3 Å². The lowest BCUT2D eigenvalue weighted by molar-refractivity contribution is -0.175. The van der Waals surface area contributed by atoms with Gasteiger partial charge in [-0.3, -0.25) is 0 Å². The van der Waals surface area contributed by atoms with E-state index < -0.39 is 5.79 Å². The minimum absolute atomic E-state index is 0.0213. The summed E-state index contributed by atoms with van der Waals surface area (Å²) in [7, 11) is 1.43. The molecule has 1 aromatic rings. The van der Waals surface area contributed by atoms with E-state index in [9.17, 15) is 5.11 Å². The van der Waals surface area contributed by atoms with Crippen LogP contribution in [0.4, 0.5) is 0 Å². The maximum atomic E-state index is 9.75. The first-order valence-corrected chi connectivity index (χ1v) is 4.15. The minimum atomic E-state index is -1.36. The summed E-state index contributed by atoms with van der Waals surface area (Å²) in [5, 5.41) is 9.75. The summed E-state index contributed by atoms with van der Waals surface area (Å²) in [6.07, 6.45) is 0. The second-order valence-electron chi connectivity index (χ2n) is 2.49. The van der Waals surface area contributed by atoms with E-state index in [-0.39, 0.29) is 5.88 Å². The van der Waals surface area contributed by atoms with Gasteiger partial charge in [0.2, 0.25) is 5.79 Å². The van der Waals surface area contributed by atoms with Gasteiger partial charge in [-0.05, 0) is 0 Å². The molecule has 1 N–H and O–H groups in total. The van der Waals surface area contributed by atoms with Crippen LogP contribution in [0.3, 0.4) is 0 Å². The molecule has 0 bridgehead atoms. The van der Waals surface area contributed by atoms with Gasteiger partial charge >= 0.3 is 0 Å². The van der Waals surface area contributed by atoms with Gasteiger partial charge in [-0.1, -0.05) is 30.3 Å². The Balaban J connectivity index is 2.95. The molecule has 0 aliphatic rings. The van der Waals surface area contributed by atoms with E-state index in [1.165, 1.54) is 7.11 Å². The lowest BCUT2D eigenvalue weighted by atomic mass is 10.1. The quantitative estimate of drug-likeness (QED) is 0.576. The van der Waals surface area contributed by atoms with Crippen LogP contribution in [0.15, 0.2) is 30.3 Å². The molecule has 3 heteroatoms. The molecule has 0 aromatic heterocycles. The third kappa shape index (κ3) is 1.78. The van der Waals surface area contributed by atoms with Crippen molar-refractivity contribution in [2.75, 3.05) is 13.0 Å². The van der Waals surface area contributed by atoms with Crippen LogP contribution in [0.5, 0.6) is 0 Å². The molecule has 0 aliphatic heterocycles. The van der Waals surface area contributed by atoms with Crippen LogP contribution < -0.4 is 0 Å². The molecule has 1 rings (SSSR count). The summed E-state index contributed by atoms with van der Waals surface area (Å²) in [4.78, 5) is 0. The Morgan fingerprint density at radius 1 is 1.42 bits per heavy atom. The SMILES string of the molecule is COC(O)(CCl)c1ccccc1. The molecule has 1 atom stereocenters. The van der Waals surface area contributed by atoms with E-state index in [1.54, 1.807) is 12.1 Å². The number of methoxy groups -OCH3 is 1. The Labute approximate surface area is 76.7 Å². The second-order valence-corrected chi connectivity index (χ2v) is 2.76. The average Bonchev–Trinajstić information content (AvgIpc) is 2.18. The molecule has 0 aliphatic carbocycles. The zero-order chi connectivity index (χ0) is 9.03. The second kappa shape index (κ2) is 3.90. The Hall–Kier alpha value is -0.570. The molecular weight excluding hydrogens is 176 g/mol. The first-order valence-electron chi connectivity index (χ1n) is 3.62. The van der Waals surface area contributed by atoms with Gasteiger partial charge in [0.05, 0.1) is 5.88 Å². The van der Waals surface area contributed by atoms with E-state index in [2.05, 4.69) is 0 Å². The summed E-state index contributed by atoms with van der Waals surface area (Å²) in [5.74, 6) is -1.34. The zero-order valence-electron chi connectivity index (χ0n) is 6.83. The first-order chi connectivity index (χ1) is 5.73. The molecule has 0 spiro atoms. The van der Waals surface area contributed by atoms with Crippen LogP contribution in [0, 0.1) is 0 Å². The third-order valence-electron chi connectivity index (χ3n) is 1.74. The molecule has 0 saturated carbocycles. The maximum absolute atomic E-state index is 9.75. The first kappa shape index (κ1) is 9.52. The van der Waals surface area contributed by atoms with Crippen LogP contribution in [0.1, 0.15) is 5.56 Å². The fraction of sp³-hybridized carbons (Fsp3) is 0.333. The van der Waals surface area contributed by atoms with E-state index >= 15 is 0 Å². The van der Waals surface area contributed by atoms with Gasteiger partial charge in [0.1, 0.15) is 0 Å². The van der Waals surface area contributed by atoms with Crippen molar-refractivity contribution in [3.63, 3.8) is 0 Å². The largest absolute Gasteiger partial charge is 0.361 e. The van der Waals surface area contributed by atoms with Crippen molar-refractivity contribution in [3.05, 3.63) is 35.9 Å². The highest BCUT2D eigenvalue weighted by atomic mass is 35.5. The van der Waals surface area contributed by atoms with Crippen molar-refractivity contribution in [2.45, 2.75) is 5.79 Å². The van der Waals surface area contributed by atoms with Gasteiger partial charge in [-0.2, -0.15) is 0 Å². The lowest BCUT2D eigenvalue weighted by Crippen LogP contribution is -2.29. The lowest BCUT2D eigenvalue weighted by Gasteiger charge is -2.23. The van der Waals surface area contributed by atoms with Crippen LogP contribution in [0.2, 0.25) is 0 Å². The fourth-order valence-corrected chi connectivity index (χ4v) is 1.21. The molecule has 12 heavy (non-hydrogen) atoms. The number of ether oxygens (including phenoxy) is 1. The Bertz CT molecular complexity index is 232. The van der Waals surface area contributed by atoms with Gasteiger partial charge in [-0.15, -0.1) is 11.6 Å². The average molecular weight is 187 g/mol. The predicted octanol–water partition coefficient (Wildman–Crippen LogP) is 1.72. The van der Waals surface area contributed by atoms with Crippen molar-refractivity contribution in [2.24, 2.45) is 0 Å².